The molecule has 2 aliphatic rings. The lowest BCUT2D eigenvalue weighted by Gasteiger charge is -2.36. The summed E-state index contributed by atoms with van der Waals surface area (Å²) in [6.45, 7) is 0.746. The molecule has 0 spiro atoms. The van der Waals surface area contributed by atoms with E-state index in [2.05, 4.69) is 5.32 Å². The highest BCUT2D eigenvalue weighted by molar-refractivity contribution is 5.95. The Morgan fingerprint density at radius 1 is 1.10 bits per heavy atom. The van der Waals surface area contributed by atoms with Crippen LogP contribution in [0.25, 0.3) is 0 Å². The number of nitrogens with one attached hydrogen (secondary N) is 2. The maximum atomic E-state index is 13.6. The number of anilines is 1. The topological polar surface area (TPSA) is 102 Å². The second-order valence-electron chi connectivity index (χ2n) is 7.96. The van der Waals surface area contributed by atoms with Crippen molar-refractivity contribution in [1.82, 2.24) is 5.32 Å². The van der Waals surface area contributed by atoms with E-state index in [1.54, 1.807) is 0 Å². The Bertz CT molecular complexity index is 891. The van der Waals surface area contributed by atoms with Crippen LogP contribution in [0.5, 0.6) is 0 Å². The van der Waals surface area contributed by atoms with Crippen molar-refractivity contribution in [1.29, 1.82) is 0 Å². The number of rotatable bonds is 6. The van der Waals surface area contributed by atoms with E-state index in [0.717, 1.165) is 25.3 Å². The van der Waals surface area contributed by atoms with Crippen LogP contribution in [0.1, 0.15) is 39.0 Å². The first-order valence-corrected chi connectivity index (χ1v) is 10.1. The molecule has 168 valence electrons. The van der Waals surface area contributed by atoms with Crippen molar-refractivity contribution in [2.75, 3.05) is 11.9 Å². The average molecular weight is 440 g/mol. The van der Waals surface area contributed by atoms with Crippen molar-refractivity contribution in [3.05, 3.63) is 29.6 Å². The molecule has 2 aliphatic carbocycles. The average Bonchev–Trinajstić information content (AvgIpc) is 2.72. The van der Waals surface area contributed by atoms with Gasteiger partial charge in [-0.25, -0.2) is 13.2 Å². The van der Waals surface area contributed by atoms with E-state index < -0.39 is 59.5 Å². The van der Waals surface area contributed by atoms with Crippen LogP contribution in [0.3, 0.4) is 0 Å². The number of Topliss-reactive ketones (excluding diaryl/α,β-unsaturated/α-hetero) is 1. The van der Waals surface area contributed by atoms with E-state index in [4.69, 9.17) is 4.74 Å². The number of fused-ring (bicyclic) bond motifs is 2. The Hall–Kier alpha value is -2.91. The number of benzene rings is 1. The van der Waals surface area contributed by atoms with Crippen molar-refractivity contribution in [3.63, 3.8) is 0 Å². The lowest BCUT2D eigenvalue weighted by molar-refractivity contribution is -0.162. The fourth-order valence-electron chi connectivity index (χ4n) is 4.12. The number of esters is 1. The number of carbonyl (C=O) groups is 4. The van der Waals surface area contributed by atoms with Crippen LogP contribution in [0.15, 0.2) is 12.1 Å². The van der Waals surface area contributed by atoms with Crippen molar-refractivity contribution in [2.24, 2.45) is 17.8 Å². The molecule has 2 bridgehead atoms. The van der Waals surface area contributed by atoms with Gasteiger partial charge in [0, 0.05) is 11.8 Å². The number of ether oxygens (including phenoxy) is 1. The smallest absolute Gasteiger partial charge is 0.309 e. The summed E-state index contributed by atoms with van der Waals surface area (Å²) < 4.78 is 44.9. The molecule has 10 heteroatoms. The number of hydrogen-bond donors (Lipinski definition) is 2. The van der Waals surface area contributed by atoms with Gasteiger partial charge < -0.3 is 15.4 Å². The summed E-state index contributed by atoms with van der Waals surface area (Å²) in [7, 11) is 0. The number of amides is 2. The minimum atomic E-state index is -1.73. The molecule has 2 saturated carbocycles. The monoisotopic (exact) mass is 440 g/mol. The molecule has 0 saturated heterocycles. The summed E-state index contributed by atoms with van der Waals surface area (Å²) in [5.41, 5.74) is -0.574. The van der Waals surface area contributed by atoms with E-state index in [1.807, 2.05) is 5.32 Å². The second-order valence-corrected chi connectivity index (χ2v) is 7.96. The van der Waals surface area contributed by atoms with Gasteiger partial charge in [0.2, 0.25) is 5.91 Å². The van der Waals surface area contributed by atoms with Gasteiger partial charge in [-0.2, -0.15) is 0 Å². The van der Waals surface area contributed by atoms with Crippen LogP contribution in [0.2, 0.25) is 0 Å². The summed E-state index contributed by atoms with van der Waals surface area (Å²) in [5.74, 6) is -7.35. The van der Waals surface area contributed by atoms with E-state index in [9.17, 15) is 32.3 Å². The van der Waals surface area contributed by atoms with Crippen LogP contribution in [0.4, 0.5) is 18.9 Å². The molecule has 1 unspecified atom stereocenters. The summed E-state index contributed by atoms with van der Waals surface area (Å²) in [6, 6.07) is 1.50. The zero-order valence-corrected chi connectivity index (χ0v) is 16.9. The third-order valence-electron chi connectivity index (χ3n) is 5.78. The van der Waals surface area contributed by atoms with E-state index >= 15 is 0 Å². The molecule has 4 atom stereocenters. The molecule has 31 heavy (non-hydrogen) atoms. The second kappa shape index (κ2) is 9.49. The first-order valence-electron chi connectivity index (χ1n) is 10.1. The highest BCUT2D eigenvalue weighted by Gasteiger charge is 2.42. The molecule has 3 rings (SSSR count). The first-order chi connectivity index (χ1) is 14.7. The molecule has 7 nitrogen and oxygen atoms in total. The molecule has 2 amide bonds. The fourth-order valence-corrected chi connectivity index (χ4v) is 4.12. The Morgan fingerprint density at radius 2 is 1.74 bits per heavy atom. The molecule has 2 N–H and O–H groups in total. The van der Waals surface area contributed by atoms with Crippen molar-refractivity contribution < 1.29 is 37.1 Å². The molecule has 1 aromatic carbocycles. The lowest BCUT2D eigenvalue weighted by atomic mass is 9.67. The molecular weight excluding hydrogens is 417 g/mol. The number of hydrogen-bond acceptors (Lipinski definition) is 5. The third kappa shape index (κ3) is 5.23. The maximum absolute atomic E-state index is 13.6. The van der Waals surface area contributed by atoms with Gasteiger partial charge in [-0.15, -0.1) is 0 Å². The Labute approximate surface area is 176 Å². The summed E-state index contributed by atoms with van der Waals surface area (Å²) >= 11 is 0. The quantitative estimate of drug-likeness (QED) is 0.523. The van der Waals surface area contributed by atoms with Gasteiger partial charge in [0.25, 0.3) is 5.91 Å². The largest absolute Gasteiger partial charge is 0.452 e. The highest BCUT2D eigenvalue weighted by Crippen LogP contribution is 2.40. The molecule has 0 radical (unpaired) electrons. The van der Waals surface area contributed by atoms with Crippen LogP contribution in [-0.4, -0.2) is 36.2 Å². The highest BCUT2D eigenvalue weighted by atomic mass is 19.2. The van der Waals surface area contributed by atoms with Gasteiger partial charge in [0.05, 0.1) is 18.2 Å². The van der Waals surface area contributed by atoms with Crippen molar-refractivity contribution in [2.45, 2.75) is 45.1 Å². The minimum Gasteiger partial charge on any atom is -0.452 e. The summed E-state index contributed by atoms with van der Waals surface area (Å²) in [4.78, 5) is 48.5. The predicted molar refractivity (Wildman–Crippen MR) is 102 cm³/mol. The third-order valence-corrected chi connectivity index (χ3v) is 5.78. The maximum Gasteiger partial charge on any atom is 0.309 e. The number of carbonyl (C=O) groups excluding carboxylic acids is 4. The SMILES string of the molecule is C[C@H](OC(=O)C1C[C@H]2CCC[C@@H](C1)C2=O)C(=O)NCC(=O)Nc1ccc(F)c(F)c1F. The zero-order chi connectivity index (χ0) is 22.7. The zero-order valence-electron chi connectivity index (χ0n) is 16.9. The van der Waals surface area contributed by atoms with Crippen LogP contribution in [0, 0.1) is 35.2 Å². The van der Waals surface area contributed by atoms with Gasteiger partial charge in [0.15, 0.2) is 23.6 Å². The summed E-state index contributed by atoms with van der Waals surface area (Å²) in [5, 5.41) is 4.25. The van der Waals surface area contributed by atoms with E-state index in [-0.39, 0.29) is 17.6 Å². The van der Waals surface area contributed by atoms with Gasteiger partial charge in [-0.1, -0.05) is 6.42 Å². The van der Waals surface area contributed by atoms with Crippen LogP contribution in [-0.2, 0) is 23.9 Å². The predicted octanol–water partition coefficient (Wildman–Crippen LogP) is 2.49. The summed E-state index contributed by atoms with van der Waals surface area (Å²) in [6.07, 6.45) is 2.16. The standard InChI is InChI=1S/C21H23F3N2O5/c1-10(31-21(30)13-7-11-3-2-4-12(8-13)19(11)28)20(29)25-9-16(27)26-15-6-5-14(22)17(23)18(15)24/h5-6,10-13H,2-4,7-9H2,1H3,(H,25,29)(H,26,27)/t10-,11-,12+,13?/m0/s1. The van der Waals surface area contributed by atoms with E-state index in [1.165, 1.54) is 6.92 Å². The fraction of sp³-hybridized carbons (Fsp3) is 0.524. The Kier molecular flexibility index (Phi) is 6.97. The number of ketones is 1. The van der Waals surface area contributed by atoms with Gasteiger partial charge in [-0.05, 0) is 44.7 Å². The molecular formula is C21H23F3N2O5. The van der Waals surface area contributed by atoms with Gasteiger partial charge in [0.1, 0.15) is 5.78 Å². The van der Waals surface area contributed by atoms with E-state index in [0.29, 0.717) is 18.9 Å². The molecule has 0 heterocycles. The number of halogens is 3. The van der Waals surface area contributed by atoms with Crippen LogP contribution >= 0.6 is 0 Å². The molecule has 0 aliphatic heterocycles. The molecule has 2 fully saturated rings. The molecule has 0 aromatic heterocycles. The first kappa shape index (κ1) is 22.8. The van der Waals surface area contributed by atoms with Crippen molar-refractivity contribution in [3.8, 4) is 0 Å². The normalized spacial score (nSPS) is 23.6. The Balaban J connectivity index is 1.46. The lowest BCUT2D eigenvalue weighted by Crippen LogP contribution is -2.43. The minimum absolute atomic E-state index is 0.130. The Morgan fingerprint density at radius 3 is 2.39 bits per heavy atom. The van der Waals surface area contributed by atoms with Gasteiger partial charge in [-0.3, -0.25) is 19.2 Å². The molecule has 1 aromatic rings. The van der Waals surface area contributed by atoms with Crippen LogP contribution < -0.4 is 10.6 Å². The van der Waals surface area contributed by atoms with Gasteiger partial charge >= 0.3 is 5.97 Å². The van der Waals surface area contributed by atoms with Crippen molar-refractivity contribution >= 4 is 29.3 Å².